The van der Waals surface area contributed by atoms with E-state index in [9.17, 15) is 0 Å². The van der Waals surface area contributed by atoms with Crippen molar-refractivity contribution in [2.75, 3.05) is 0 Å². The fraction of sp³-hybridized carbons (Fsp3) is 0.500. The quantitative estimate of drug-likeness (QED) is 0.638. The van der Waals surface area contributed by atoms with Crippen LogP contribution in [0.1, 0.15) is 39.2 Å². The molecule has 1 rings (SSSR count). The van der Waals surface area contributed by atoms with E-state index in [0.717, 1.165) is 18.0 Å². The van der Waals surface area contributed by atoms with Crippen molar-refractivity contribution < 1.29 is 0 Å². The Morgan fingerprint density at radius 2 is 2.00 bits per heavy atom. The van der Waals surface area contributed by atoms with Gasteiger partial charge in [0.25, 0.3) is 0 Å². The molecule has 0 fully saturated rings. The first-order valence-corrected chi connectivity index (χ1v) is 5.73. The second kappa shape index (κ2) is 5.69. The molecule has 1 unspecified atom stereocenters. The number of hydrogen-bond acceptors (Lipinski definition) is 1. The molecule has 0 aliphatic heterocycles. The van der Waals surface area contributed by atoms with Crippen molar-refractivity contribution in [3.05, 3.63) is 29.8 Å². The van der Waals surface area contributed by atoms with Crippen molar-refractivity contribution >= 4 is 11.4 Å². The summed E-state index contributed by atoms with van der Waals surface area (Å²) in [4.78, 5) is 4.66. The Balaban J connectivity index is 2.74. The van der Waals surface area contributed by atoms with E-state index >= 15 is 0 Å². The second-order valence-corrected chi connectivity index (χ2v) is 4.35. The topological polar surface area (TPSA) is 12.4 Å². The Hall–Kier alpha value is -1.11. The largest absolute Gasteiger partial charge is 0.258 e. The first-order chi connectivity index (χ1) is 7.13. The third-order valence-electron chi connectivity index (χ3n) is 2.77. The first-order valence-electron chi connectivity index (χ1n) is 5.73. The summed E-state index contributed by atoms with van der Waals surface area (Å²) < 4.78 is 0. The van der Waals surface area contributed by atoms with Gasteiger partial charge in [-0.2, -0.15) is 0 Å². The minimum Gasteiger partial charge on any atom is -0.258 e. The average Bonchev–Trinajstić information content (AvgIpc) is 2.21. The lowest BCUT2D eigenvalue weighted by Crippen LogP contribution is -2.00. The highest BCUT2D eigenvalue weighted by atomic mass is 14.7. The Morgan fingerprint density at radius 3 is 2.60 bits per heavy atom. The molecule has 0 saturated heterocycles. The van der Waals surface area contributed by atoms with Gasteiger partial charge in [0.05, 0.1) is 5.69 Å². The highest BCUT2D eigenvalue weighted by molar-refractivity contribution is 5.85. The van der Waals surface area contributed by atoms with Gasteiger partial charge >= 0.3 is 0 Å². The minimum atomic E-state index is 0.734. The van der Waals surface area contributed by atoms with E-state index in [-0.39, 0.29) is 0 Å². The number of nitrogens with zero attached hydrogens (tertiary/aromatic N) is 1. The van der Waals surface area contributed by atoms with E-state index in [0.29, 0.717) is 0 Å². The van der Waals surface area contributed by atoms with Gasteiger partial charge < -0.3 is 0 Å². The van der Waals surface area contributed by atoms with Crippen LogP contribution in [0.5, 0.6) is 0 Å². The van der Waals surface area contributed by atoms with Crippen LogP contribution in [-0.4, -0.2) is 5.71 Å². The van der Waals surface area contributed by atoms with Crippen LogP contribution in [0.4, 0.5) is 5.69 Å². The Labute approximate surface area is 93.2 Å². The van der Waals surface area contributed by atoms with Crippen molar-refractivity contribution in [1.29, 1.82) is 0 Å². The van der Waals surface area contributed by atoms with E-state index in [1.807, 2.05) is 6.07 Å². The summed E-state index contributed by atoms with van der Waals surface area (Å²) in [6.45, 7) is 8.73. The number of para-hydroxylation sites is 1. The number of hydrogen-bond donors (Lipinski definition) is 0. The molecule has 1 nitrogen and oxygen atoms in total. The maximum absolute atomic E-state index is 4.66. The van der Waals surface area contributed by atoms with Crippen LogP contribution in [0.15, 0.2) is 29.3 Å². The minimum absolute atomic E-state index is 0.734. The van der Waals surface area contributed by atoms with Gasteiger partial charge in [-0.3, -0.25) is 4.99 Å². The Morgan fingerprint density at radius 1 is 1.33 bits per heavy atom. The predicted octanol–water partition coefficient (Wildman–Crippen LogP) is 4.52. The summed E-state index contributed by atoms with van der Waals surface area (Å²) in [6.07, 6.45) is 2.32. The van der Waals surface area contributed by atoms with Crippen LogP contribution >= 0.6 is 0 Å². The number of aryl methyl sites for hydroxylation is 1. The molecule has 0 N–H and O–H groups in total. The smallest absolute Gasteiger partial charge is 0.0658 e. The molecular formula is C14H21N. The van der Waals surface area contributed by atoms with Crippen molar-refractivity contribution in [1.82, 2.24) is 0 Å². The normalized spacial score (nSPS) is 14.0. The number of rotatable bonds is 4. The molecule has 0 aliphatic rings. The maximum atomic E-state index is 4.66. The highest BCUT2D eigenvalue weighted by Crippen LogP contribution is 2.19. The average molecular weight is 203 g/mol. The monoisotopic (exact) mass is 203 g/mol. The van der Waals surface area contributed by atoms with Crippen molar-refractivity contribution in [3.63, 3.8) is 0 Å². The van der Waals surface area contributed by atoms with E-state index in [4.69, 9.17) is 0 Å². The van der Waals surface area contributed by atoms with Crippen LogP contribution in [0, 0.1) is 12.8 Å². The molecule has 82 valence electrons. The molecule has 0 aromatic heterocycles. The van der Waals surface area contributed by atoms with Crippen LogP contribution < -0.4 is 0 Å². The van der Waals surface area contributed by atoms with Crippen molar-refractivity contribution in [2.24, 2.45) is 10.9 Å². The zero-order valence-corrected chi connectivity index (χ0v) is 10.2. The van der Waals surface area contributed by atoms with Crippen LogP contribution in [0.2, 0.25) is 0 Å². The molecule has 15 heavy (non-hydrogen) atoms. The molecule has 0 aliphatic carbocycles. The zero-order valence-electron chi connectivity index (χ0n) is 10.2. The lowest BCUT2D eigenvalue weighted by Gasteiger charge is -2.08. The standard InChI is InChI=1S/C14H21N/c1-5-11(2)10-13(4)15-14-9-7-6-8-12(14)3/h6-9,11H,5,10H2,1-4H3. The van der Waals surface area contributed by atoms with E-state index in [1.54, 1.807) is 0 Å². The molecule has 0 amide bonds. The van der Waals surface area contributed by atoms with Gasteiger partial charge in [-0.1, -0.05) is 38.5 Å². The first kappa shape index (κ1) is 12.0. The summed E-state index contributed by atoms with van der Waals surface area (Å²) in [6, 6.07) is 8.28. The molecular weight excluding hydrogens is 182 g/mol. The summed E-state index contributed by atoms with van der Waals surface area (Å²) in [5.41, 5.74) is 3.60. The molecule has 1 aromatic carbocycles. The number of aliphatic imine (C=N–C) groups is 1. The van der Waals surface area contributed by atoms with Gasteiger partial charge in [0, 0.05) is 5.71 Å². The predicted molar refractivity (Wildman–Crippen MR) is 68.0 cm³/mol. The van der Waals surface area contributed by atoms with Gasteiger partial charge in [0.15, 0.2) is 0 Å². The molecule has 1 heteroatoms. The van der Waals surface area contributed by atoms with Gasteiger partial charge in [-0.15, -0.1) is 0 Å². The van der Waals surface area contributed by atoms with Gasteiger partial charge in [-0.05, 0) is 37.8 Å². The highest BCUT2D eigenvalue weighted by Gasteiger charge is 2.01. The molecule has 0 saturated carbocycles. The van der Waals surface area contributed by atoms with E-state index in [1.165, 1.54) is 17.7 Å². The molecule has 1 aromatic rings. The lowest BCUT2D eigenvalue weighted by molar-refractivity contribution is 0.586. The zero-order chi connectivity index (χ0) is 11.3. The van der Waals surface area contributed by atoms with Crippen molar-refractivity contribution in [3.8, 4) is 0 Å². The molecule has 0 spiro atoms. The SMILES string of the molecule is CCC(C)CC(C)=Nc1ccccc1C. The van der Waals surface area contributed by atoms with Crippen LogP contribution in [-0.2, 0) is 0 Å². The van der Waals surface area contributed by atoms with E-state index in [2.05, 4.69) is 50.9 Å². The third kappa shape index (κ3) is 3.86. The van der Waals surface area contributed by atoms with E-state index < -0.39 is 0 Å². The fourth-order valence-corrected chi connectivity index (χ4v) is 1.59. The maximum Gasteiger partial charge on any atom is 0.0658 e. The number of benzene rings is 1. The fourth-order valence-electron chi connectivity index (χ4n) is 1.59. The molecule has 0 bridgehead atoms. The van der Waals surface area contributed by atoms with Crippen LogP contribution in [0.3, 0.4) is 0 Å². The molecule has 1 atom stereocenters. The Bertz CT molecular complexity index is 339. The summed E-state index contributed by atoms with van der Waals surface area (Å²) in [5.74, 6) is 0.734. The summed E-state index contributed by atoms with van der Waals surface area (Å²) in [7, 11) is 0. The van der Waals surface area contributed by atoms with Gasteiger partial charge in [0.1, 0.15) is 0 Å². The van der Waals surface area contributed by atoms with Gasteiger partial charge in [0.2, 0.25) is 0 Å². The second-order valence-electron chi connectivity index (χ2n) is 4.35. The summed E-state index contributed by atoms with van der Waals surface area (Å²) >= 11 is 0. The van der Waals surface area contributed by atoms with Crippen molar-refractivity contribution in [2.45, 2.75) is 40.5 Å². The Kier molecular flexibility index (Phi) is 4.54. The van der Waals surface area contributed by atoms with Crippen LogP contribution in [0.25, 0.3) is 0 Å². The summed E-state index contributed by atoms with van der Waals surface area (Å²) in [5, 5.41) is 0. The lowest BCUT2D eigenvalue weighted by atomic mass is 10.0. The third-order valence-corrected chi connectivity index (χ3v) is 2.77. The molecule has 0 heterocycles. The van der Waals surface area contributed by atoms with Gasteiger partial charge in [-0.25, -0.2) is 0 Å². The molecule has 0 radical (unpaired) electrons.